The van der Waals surface area contributed by atoms with E-state index in [2.05, 4.69) is 36.5 Å². The van der Waals surface area contributed by atoms with E-state index in [1.807, 2.05) is 13.8 Å². The van der Waals surface area contributed by atoms with Gasteiger partial charge in [0.05, 0.1) is 11.5 Å². The quantitative estimate of drug-likeness (QED) is 0.770. The molecule has 1 aliphatic heterocycles. The van der Waals surface area contributed by atoms with Crippen LogP contribution in [0.3, 0.4) is 0 Å². The largest absolute Gasteiger partial charge is 0.373 e. The minimum absolute atomic E-state index is 0. The summed E-state index contributed by atoms with van der Waals surface area (Å²) in [5, 5.41) is 3.16. The third-order valence-corrected chi connectivity index (χ3v) is 5.60. The standard InChI is InChI=1S/C20H32N2O2.ClH/c1-4-20(5-2,14-21)19(23)22-13-17-7-6-12-24-18(17)16-10-8-15(3)9-11-16;/h8-11,17-18H,4-7,12-14,21H2,1-3H3,(H,22,23);1H. The van der Waals surface area contributed by atoms with Crippen LogP contribution in [0.25, 0.3) is 0 Å². The van der Waals surface area contributed by atoms with Gasteiger partial charge < -0.3 is 15.8 Å². The molecular weight excluding hydrogens is 336 g/mol. The lowest BCUT2D eigenvalue weighted by atomic mass is 9.81. The van der Waals surface area contributed by atoms with Gasteiger partial charge in [0, 0.05) is 25.6 Å². The predicted octanol–water partition coefficient (Wildman–Crippen LogP) is 3.77. The van der Waals surface area contributed by atoms with E-state index in [0.29, 0.717) is 19.0 Å². The average Bonchev–Trinajstić information content (AvgIpc) is 2.63. The van der Waals surface area contributed by atoms with Gasteiger partial charge in [0.15, 0.2) is 0 Å². The van der Waals surface area contributed by atoms with Crippen LogP contribution >= 0.6 is 12.4 Å². The van der Waals surface area contributed by atoms with Crippen LogP contribution in [0.1, 0.15) is 56.8 Å². The summed E-state index contributed by atoms with van der Waals surface area (Å²) >= 11 is 0. The van der Waals surface area contributed by atoms with Crippen molar-refractivity contribution >= 4 is 18.3 Å². The van der Waals surface area contributed by atoms with Crippen LogP contribution in [0.15, 0.2) is 24.3 Å². The normalized spacial score (nSPS) is 20.6. The van der Waals surface area contributed by atoms with Crippen LogP contribution in [0, 0.1) is 18.3 Å². The highest BCUT2D eigenvalue weighted by molar-refractivity contribution is 5.85. The number of hydrogen-bond acceptors (Lipinski definition) is 3. The number of nitrogens with one attached hydrogen (secondary N) is 1. The van der Waals surface area contributed by atoms with Gasteiger partial charge in [-0.2, -0.15) is 0 Å². The van der Waals surface area contributed by atoms with E-state index in [9.17, 15) is 4.79 Å². The van der Waals surface area contributed by atoms with Crippen LogP contribution < -0.4 is 11.1 Å². The molecule has 0 spiro atoms. The van der Waals surface area contributed by atoms with E-state index in [0.717, 1.165) is 32.3 Å². The first kappa shape index (κ1) is 21.9. The number of halogens is 1. The third kappa shape index (κ3) is 5.19. The molecule has 0 bridgehead atoms. The van der Waals surface area contributed by atoms with Crippen molar-refractivity contribution in [1.29, 1.82) is 0 Å². The highest BCUT2D eigenvalue weighted by Crippen LogP contribution is 2.34. The van der Waals surface area contributed by atoms with E-state index in [1.165, 1.54) is 11.1 Å². The zero-order valence-corrected chi connectivity index (χ0v) is 16.5. The van der Waals surface area contributed by atoms with Gasteiger partial charge >= 0.3 is 0 Å². The number of ether oxygens (including phenoxy) is 1. The first-order chi connectivity index (χ1) is 11.6. The Labute approximate surface area is 158 Å². The van der Waals surface area contributed by atoms with Gasteiger partial charge in [0.2, 0.25) is 5.91 Å². The lowest BCUT2D eigenvalue weighted by molar-refractivity contribution is -0.131. The van der Waals surface area contributed by atoms with E-state index in [1.54, 1.807) is 0 Å². The summed E-state index contributed by atoms with van der Waals surface area (Å²) in [4.78, 5) is 12.7. The number of hydrogen-bond donors (Lipinski definition) is 2. The van der Waals surface area contributed by atoms with Crippen molar-refractivity contribution in [2.45, 2.75) is 52.6 Å². The Hall–Kier alpha value is -1.10. The average molecular weight is 369 g/mol. The highest BCUT2D eigenvalue weighted by Gasteiger charge is 2.34. The Morgan fingerprint density at radius 3 is 2.48 bits per heavy atom. The molecule has 1 aromatic rings. The molecule has 2 atom stereocenters. The third-order valence-electron chi connectivity index (χ3n) is 5.60. The van der Waals surface area contributed by atoms with E-state index >= 15 is 0 Å². The van der Waals surface area contributed by atoms with E-state index in [4.69, 9.17) is 10.5 Å². The number of aryl methyl sites for hydroxylation is 1. The van der Waals surface area contributed by atoms with Gasteiger partial charge in [-0.1, -0.05) is 43.7 Å². The number of carbonyl (C=O) groups excluding carboxylic acids is 1. The van der Waals surface area contributed by atoms with Crippen LogP contribution in [0.4, 0.5) is 0 Å². The van der Waals surface area contributed by atoms with Gasteiger partial charge in [0.1, 0.15) is 0 Å². The van der Waals surface area contributed by atoms with Crippen molar-refractivity contribution < 1.29 is 9.53 Å². The topological polar surface area (TPSA) is 64.4 Å². The molecule has 4 nitrogen and oxygen atoms in total. The van der Waals surface area contributed by atoms with Crippen LogP contribution in [0.5, 0.6) is 0 Å². The fourth-order valence-corrected chi connectivity index (χ4v) is 3.54. The lowest BCUT2D eigenvalue weighted by Gasteiger charge is -2.34. The van der Waals surface area contributed by atoms with Crippen molar-refractivity contribution in [2.24, 2.45) is 17.1 Å². The molecule has 25 heavy (non-hydrogen) atoms. The monoisotopic (exact) mass is 368 g/mol. The molecule has 0 saturated carbocycles. The summed E-state index contributed by atoms with van der Waals surface area (Å²) in [6.07, 6.45) is 3.73. The molecule has 1 fully saturated rings. The highest BCUT2D eigenvalue weighted by atomic mass is 35.5. The summed E-state index contributed by atoms with van der Waals surface area (Å²) in [5.74, 6) is 0.401. The van der Waals surface area contributed by atoms with E-state index in [-0.39, 0.29) is 24.4 Å². The fourth-order valence-electron chi connectivity index (χ4n) is 3.54. The molecule has 0 aromatic heterocycles. The molecule has 1 aromatic carbocycles. The maximum Gasteiger partial charge on any atom is 0.227 e. The van der Waals surface area contributed by atoms with Gasteiger partial charge in [-0.25, -0.2) is 0 Å². The molecule has 1 saturated heterocycles. The molecule has 1 heterocycles. The van der Waals surface area contributed by atoms with Crippen molar-refractivity contribution in [3.8, 4) is 0 Å². The zero-order chi connectivity index (χ0) is 17.6. The predicted molar refractivity (Wildman–Crippen MR) is 105 cm³/mol. The molecule has 5 heteroatoms. The summed E-state index contributed by atoms with van der Waals surface area (Å²) in [5.41, 5.74) is 7.90. The molecule has 142 valence electrons. The molecular formula is C20H33ClN2O2. The molecule has 0 radical (unpaired) electrons. The Kier molecular flexibility index (Phi) is 8.91. The molecule has 3 N–H and O–H groups in total. The second-order valence-corrected chi connectivity index (χ2v) is 7.01. The minimum Gasteiger partial charge on any atom is -0.373 e. The summed E-state index contributed by atoms with van der Waals surface area (Å²) in [6, 6.07) is 8.53. The second kappa shape index (κ2) is 10.1. The summed E-state index contributed by atoms with van der Waals surface area (Å²) in [7, 11) is 0. The van der Waals surface area contributed by atoms with Gasteiger partial charge in [-0.15, -0.1) is 12.4 Å². The van der Waals surface area contributed by atoms with Crippen LogP contribution in [0.2, 0.25) is 0 Å². The Morgan fingerprint density at radius 1 is 1.28 bits per heavy atom. The van der Waals surface area contributed by atoms with Crippen molar-refractivity contribution in [2.75, 3.05) is 19.7 Å². The molecule has 2 unspecified atom stereocenters. The molecule has 1 amide bonds. The van der Waals surface area contributed by atoms with E-state index < -0.39 is 5.41 Å². The second-order valence-electron chi connectivity index (χ2n) is 7.01. The first-order valence-electron chi connectivity index (χ1n) is 9.23. The molecule has 2 rings (SSSR count). The molecule has 1 aliphatic rings. The maximum absolute atomic E-state index is 12.7. The smallest absolute Gasteiger partial charge is 0.227 e. The number of rotatable bonds is 7. The van der Waals surface area contributed by atoms with Gasteiger partial charge in [-0.05, 0) is 38.2 Å². The Bertz CT molecular complexity index is 521. The number of benzene rings is 1. The Balaban J connectivity index is 0.00000312. The van der Waals surface area contributed by atoms with Crippen molar-refractivity contribution in [3.05, 3.63) is 35.4 Å². The van der Waals surface area contributed by atoms with Crippen LogP contribution in [-0.2, 0) is 9.53 Å². The maximum atomic E-state index is 12.7. The molecule has 0 aliphatic carbocycles. The number of carbonyl (C=O) groups is 1. The van der Waals surface area contributed by atoms with Crippen LogP contribution in [-0.4, -0.2) is 25.6 Å². The van der Waals surface area contributed by atoms with Crippen molar-refractivity contribution in [3.63, 3.8) is 0 Å². The summed E-state index contributed by atoms with van der Waals surface area (Å²) in [6.45, 7) is 8.00. The van der Waals surface area contributed by atoms with Crippen molar-refractivity contribution in [1.82, 2.24) is 5.32 Å². The van der Waals surface area contributed by atoms with Gasteiger partial charge in [-0.3, -0.25) is 4.79 Å². The number of amides is 1. The first-order valence-corrected chi connectivity index (χ1v) is 9.23. The lowest BCUT2D eigenvalue weighted by Crippen LogP contribution is -2.47. The summed E-state index contributed by atoms with van der Waals surface area (Å²) < 4.78 is 6.04. The number of nitrogens with two attached hydrogens (primary N) is 1. The minimum atomic E-state index is -0.436. The van der Waals surface area contributed by atoms with Gasteiger partial charge in [0.25, 0.3) is 0 Å². The fraction of sp³-hybridized carbons (Fsp3) is 0.650. The Morgan fingerprint density at radius 2 is 1.92 bits per heavy atom. The zero-order valence-electron chi connectivity index (χ0n) is 15.7. The SMILES string of the molecule is CCC(CC)(CN)C(=O)NCC1CCCOC1c1ccc(C)cc1.Cl.